The van der Waals surface area contributed by atoms with E-state index in [2.05, 4.69) is 45.9 Å². The van der Waals surface area contributed by atoms with Gasteiger partial charge in [-0.15, -0.1) is 0 Å². The molecule has 146 valence electrons. The summed E-state index contributed by atoms with van der Waals surface area (Å²) in [5.74, 6) is 3.03. The predicted molar refractivity (Wildman–Crippen MR) is 109 cm³/mol. The number of rotatable bonds is 10. The highest BCUT2D eigenvalue weighted by Gasteiger charge is 2.15. The molecule has 0 fully saturated rings. The van der Waals surface area contributed by atoms with E-state index in [0.29, 0.717) is 42.1 Å². The molecule has 0 N–H and O–H groups in total. The third-order valence-corrected chi connectivity index (χ3v) is 4.44. The molecule has 0 amide bonds. The number of hydrogen-bond acceptors (Lipinski definition) is 4. The van der Waals surface area contributed by atoms with Crippen molar-refractivity contribution in [2.75, 3.05) is 20.3 Å². The van der Waals surface area contributed by atoms with Crippen LogP contribution < -0.4 is 14.2 Å². The third kappa shape index (κ3) is 5.49. The molecule has 0 aliphatic rings. The van der Waals surface area contributed by atoms with Crippen LogP contribution in [0.1, 0.15) is 67.4 Å². The van der Waals surface area contributed by atoms with Gasteiger partial charge >= 0.3 is 0 Å². The van der Waals surface area contributed by atoms with Crippen LogP contribution in [-0.4, -0.2) is 26.6 Å². The molecule has 0 aliphatic carbocycles. The van der Waals surface area contributed by atoms with Crippen LogP contribution in [0.2, 0.25) is 0 Å². The Morgan fingerprint density at radius 3 is 2.07 bits per heavy atom. The van der Waals surface area contributed by atoms with Gasteiger partial charge in [0.1, 0.15) is 12.0 Å². The molecule has 4 nitrogen and oxygen atoms in total. The fourth-order valence-electron chi connectivity index (χ4n) is 2.94. The van der Waals surface area contributed by atoms with E-state index in [4.69, 9.17) is 14.2 Å². The van der Waals surface area contributed by atoms with Crippen LogP contribution in [0.15, 0.2) is 36.4 Å². The molecule has 0 bridgehead atoms. The maximum atomic E-state index is 10.9. The molecule has 0 aliphatic heterocycles. The molecule has 27 heavy (non-hydrogen) atoms. The van der Waals surface area contributed by atoms with Crippen molar-refractivity contribution in [1.29, 1.82) is 0 Å². The van der Waals surface area contributed by atoms with E-state index in [-0.39, 0.29) is 0 Å². The minimum Gasteiger partial charge on any atom is -0.493 e. The van der Waals surface area contributed by atoms with Crippen LogP contribution in [-0.2, 0) is 0 Å². The summed E-state index contributed by atoms with van der Waals surface area (Å²) in [6.07, 6.45) is 1.54. The first-order valence-electron chi connectivity index (χ1n) is 9.49. The Kier molecular flexibility index (Phi) is 7.71. The average molecular weight is 370 g/mol. The van der Waals surface area contributed by atoms with Crippen molar-refractivity contribution in [2.45, 2.75) is 46.0 Å². The standard InChI is InChI=1S/C23H30O4/c1-16(2)19-8-6-9-20(17(3)4)23(19)27-13-7-12-26-21-11-10-18(15-24)14-22(21)25-5/h6,8-11,14-17H,7,12-13H2,1-5H3. The van der Waals surface area contributed by atoms with Gasteiger partial charge in [-0.3, -0.25) is 4.79 Å². The number of benzene rings is 2. The fourth-order valence-corrected chi connectivity index (χ4v) is 2.94. The van der Waals surface area contributed by atoms with E-state index in [1.165, 1.54) is 11.1 Å². The summed E-state index contributed by atoms with van der Waals surface area (Å²) in [7, 11) is 1.57. The molecule has 0 aromatic heterocycles. The number of carbonyl (C=O) groups is 1. The molecule has 2 rings (SSSR count). The average Bonchev–Trinajstić information content (AvgIpc) is 2.67. The van der Waals surface area contributed by atoms with Crippen molar-refractivity contribution in [2.24, 2.45) is 0 Å². The summed E-state index contributed by atoms with van der Waals surface area (Å²) in [5, 5.41) is 0. The highest BCUT2D eigenvalue weighted by molar-refractivity contribution is 5.76. The lowest BCUT2D eigenvalue weighted by atomic mass is 9.94. The Labute approximate surface area is 162 Å². The number of methoxy groups -OCH3 is 1. The molecular weight excluding hydrogens is 340 g/mol. The molecule has 4 heteroatoms. The van der Waals surface area contributed by atoms with Gasteiger partial charge in [0.25, 0.3) is 0 Å². The maximum Gasteiger partial charge on any atom is 0.161 e. The summed E-state index contributed by atoms with van der Waals surface area (Å²) < 4.78 is 17.2. The highest BCUT2D eigenvalue weighted by Crippen LogP contribution is 2.34. The largest absolute Gasteiger partial charge is 0.493 e. The van der Waals surface area contributed by atoms with E-state index >= 15 is 0 Å². The van der Waals surface area contributed by atoms with E-state index in [1.807, 2.05) is 0 Å². The van der Waals surface area contributed by atoms with Gasteiger partial charge in [0, 0.05) is 12.0 Å². The topological polar surface area (TPSA) is 44.8 Å². The smallest absolute Gasteiger partial charge is 0.161 e. The Morgan fingerprint density at radius 2 is 1.52 bits per heavy atom. The van der Waals surface area contributed by atoms with Gasteiger partial charge in [0.15, 0.2) is 11.5 Å². The molecule has 0 heterocycles. The minimum atomic E-state index is 0.413. The van der Waals surface area contributed by atoms with Crippen molar-refractivity contribution >= 4 is 6.29 Å². The van der Waals surface area contributed by atoms with Crippen LogP contribution in [0.5, 0.6) is 17.2 Å². The second-order valence-corrected chi connectivity index (χ2v) is 7.15. The first-order chi connectivity index (χ1) is 13.0. The van der Waals surface area contributed by atoms with Gasteiger partial charge in [-0.1, -0.05) is 45.9 Å². The van der Waals surface area contributed by atoms with E-state index in [1.54, 1.807) is 25.3 Å². The van der Waals surface area contributed by atoms with Crippen LogP contribution in [0.3, 0.4) is 0 Å². The summed E-state index contributed by atoms with van der Waals surface area (Å²) >= 11 is 0. The monoisotopic (exact) mass is 370 g/mol. The van der Waals surface area contributed by atoms with Crippen molar-refractivity contribution in [3.8, 4) is 17.2 Å². The Balaban J connectivity index is 1.95. The zero-order valence-corrected chi connectivity index (χ0v) is 17.0. The van der Waals surface area contributed by atoms with Crippen molar-refractivity contribution in [3.63, 3.8) is 0 Å². The second-order valence-electron chi connectivity index (χ2n) is 7.15. The number of para-hydroxylation sites is 1. The van der Waals surface area contributed by atoms with Crippen LogP contribution in [0, 0.1) is 0 Å². The lowest BCUT2D eigenvalue weighted by molar-refractivity contribution is 0.112. The van der Waals surface area contributed by atoms with E-state index in [0.717, 1.165) is 18.5 Å². The van der Waals surface area contributed by atoms with Crippen LogP contribution >= 0.6 is 0 Å². The fraction of sp³-hybridized carbons (Fsp3) is 0.435. The zero-order chi connectivity index (χ0) is 19.8. The summed E-state index contributed by atoms with van der Waals surface area (Å²) in [6, 6.07) is 11.5. The van der Waals surface area contributed by atoms with E-state index in [9.17, 15) is 4.79 Å². The van der Waals surface area contributed by atoms with E-state index < -0.39 is 0 Å². The number of hydrogen-bond donors (Lipinski definition) is 0. The van der Waals surface area contributed by atoms with Gasteiger partial charge in [0.2, 0.25) is 0 Å². The van der Waals surface area contributed by atoms with Gasteiger partial charge in [-0.25, -0.2) is 0 Å². The Bertz CT molecular complexity index is 724. The summed E-state index contributed by atoms with van der Waals surface area (Å²) in [5.41, 5.74) is 3.05. The quantitative estimate of drug-likeness (QED) is 0.403. The summed E-state index contributed by atoms with van der Waals surface area (Å²) in [4.78, 5) is 10.9. The zero-order valence-electron chi connectivity index (χ0n) is 17.0. The molecule has 2 aromatic rings. The lowest BCUT2D eigenvalue weighted by Gasteiger charge is -2.20. The number of carbonyl (C=O) groups excluding carboxylic acids is 1. The predicted octanol–water partition coefficient (Wildman–Crippen LogP) is 5.60. The second kappa shape index (κ2) is 10.0. The maximum absolute atomic E-state index is 10.9. The molecule has 0 atom stereocenters. The third-order valence-electron chi connectivity index (χ3n) is 4.44. The molecule has 2 aromatic carbocycles. The SMILES string of the molecule is COc1cc(C=O)ccc1OCCCOc1c(C(C)C)cccc1C(C)C. The first-order valence-corrected chi connectivity index (χ1v) is 9.49. The lowest BCUT2D eigenvalue weighted by Crippen LogP contribution is -2.09. The van der Waals surface area contributed by atoms with Gasteiger partial charge in [0.05, 0.1) is 20.3 Å². The number of ether oxygens (including phenoxy) is 3. The first kappa shape index (κ1) is 20.8. The van der Waals surface area contributed by atoms with Gasteiger partial charge in [-0.2, -0.15) is 0 Å². The summed E-state index contributed by atoms with van der Waals surface area (Å²) in [6.45, 7) is 9.83. The van der Waals surface area contributed by atoms with Crippen molar-refractivity contribution < 1.29 is 19.0 Å². The van der Waals surface area contributed by atoms with Crippen LogP contribution in [0.25, 0.3) is 0 Å². The van der Waals surface area contributed by atoms with Crippen molar-refractivity contribution in [3.05, 3.63) is 53.1 Å². The Morgan fingerprint density at radius 1 is 0.889 bits per heavy atom. The molecule has 0 unspecified atom stereocenters. The normalized spacial score (nSPS) is 10.9. The van der Waals surface area contributed by atoms with Crippen LogP contribution in [0.4, 0.5) is 0 Å². The molecule has 0 saturated heterocycles. The molecule has 0 radical (unpaired) electrons. The van der Waals surface area contributed by atoms with Crippen molar-refractivity contribution in [1.82, 2.24) is 0 Å². The number of aldehydes is 1. The van der Waals surface area contributed by atoms with Gasteiger partial charge in [-0.05, 0) is 41.2 Å². The molecule has 0 spiro atoms. The minimum absolute atomic E-state index is 0.413. The molecule has 0 saturated carbocycles. The highest BCUT2D eigenvalue weighted by atomic mass is 16.5. The van der Waals surface area contributed by atoms with Gasteiger partial charge < -0.3 is 14.2 Å². The molecular formula is C23H30O4. The Hall–Kier alpha value is -2.49.